The fourth-order valence-electron chi connectivity index (χ4n) is 9.94. The molecule has 0 aromatic rings. The zero-order valence-electron chi connectivity index (χ0n) is 53.9. The number of hydrogen-bond donors (Lipinski definition) is 1. The Morgan fingerprint density at radius 2 is 0.667 bits per heavy atom. The molecule has 1 N–H and O–H groups in total. The van der Waals surface area contributed by atoms with E-state index in [0.29, 0.717) is 17.4 Å². The van der Waals surface area contributed by atoms with E-state index >= 15 is 0 Å². The number of carboxylic acids is 1. The topological polar surface area (TPSA) is 108 Å². The zero-order chi connectivity index (χ0) is 59.1. The standard InChI is InChI=1S/C72H131NO8/c1-6-8-10-12-14-16-18-20-22-24-26-28-30-31-32-33-34-35-36-37-38-39-41-43-45-47-49-51-53-55-57-59-61-63-70(75)81-68(67-80-72(71(76)77)78-65-64-73(3,4)5)66-79-69(74)62-60-58-56-54-52-50-48-46-44-42-40-29-27-25-23-21-19-17-15-13-11-9-7-2/h18-21,24-27,30-31,68,72H,6-17,22-23,28-29,32-67H2,1-5H3/p+1/b20-18-,21-19-,26-24-,27-25-,31-30-. The Balaban J connectivity index is 4.09. The lowest BCUT2D eigenvalue weighted by atomic mass is 10.0. The molecule has 0 saturated carbocycles. The lowest BCUT2D eigenvalue weighted by Gasteiger charge is -2.25. The summed E-state index contributed by atoms with van der Waals surface area (Å²) in [5, 5.41) is 9.74. The summed E-state index contributed by atoms with van der Waals surface area (Å²) in [6, 6.07) is 0. The second-order valence-corrected chi connectivity index (χ2v) is 24.5. The maximum Gasteiger partial charge on any atom is 0.361 e. The third-order valence-corrected chi connectivity index (χ3v) is 15.2. The molecule has 9 heteroatoms. The Bertz CT molecular complexity index is 1510. The molecule has 0 aliphatic carbocycles. The Morgan fingerprint density at radius 1 is 0.370 bits per heavy atom. The number of likely N-dealkylation sites (N-methyl/N-ethyl adjacent to an activating group) is 1. The number of unbranched alkanes of at least 4 members (excludes halogenated alkanes) is 39. The molecule has 0 radical (unpaired) electrons. The van der Waals surface area contributed by atoms with E-state index in [9.17, 15) is 19.5 Å². The summed E-state index contributed by atoms with van der Waals surface area (Å²) in [5.74, 6) is -1.99. The highest BCUT2D eigenvalue weighted by Crippen LogP contribution is 2.18. The van der Waals surface area contributed by atoms with Gasteiger partial charge in [-0.05, 0) is 83.5 Å². The van der Waals surface area contributed by atoms with Crippen LogP contribution in [0.25, 0.3) is 0 Å². The monoisotopic (exact) mass is 1140 g/mol. The van der Waals surface area contributed by atoms with Crippen molar-refractivity contribution >= 4 is 17.9 Å². The van der Waals surface area contributed by atoms with Crippen molar-refractivity contribution in [3.8, 4) is 0 Å². The molecule has 2 unspecified atom stereocenters. The molecule has 2 atom stereocenters. The number of nitrogens with zero attached hydrogens (tertiary/aromatic N) is 1. The predicted octanol–water partition coefficient (Wildman–Crippen LogP) is 21.1. The molecule has 0 heterocycles. The molecule has 472 valence electrons. The van der Waals surface area contributed by atoms with E-state index in [1.807, 2.05) is 21.1 Å². The third kappa shape index (κ3) is 64.4. The lowest BCUT2D eigenvalue weighted by molar-refractivity contribution is -0.870. The number of aliphatic carboxylic acids is 1. The van der Waals surface area contributed by atoms with Crippen LogP contribution >= 0.6 is 0 Å². The van der Waals surface area contributed by atoms with Crippen LogP contribution in [0.3, 0.4) is 0 Å². The Morgan fingerprint density at radius 3 is 0.988 bits per heavy atom. The summed E-state index contributed by atoms with van der Waals surface area (Å²) in [4.78, 5) is 37.6. The maximum absolute atomic E-state index is 12.9. The van der Waals surface area contributed by atoms with Crippen molar-refractivity contribution in [3.05, 3.63) is 60.8 Å². The zero-order valence-corrected chi connectivity index (χ0v) is 53.9. The molecule has 0 spiro atoms. The van der Waals surface area contributed by atoms with Gasteiger partial charge in [0.15, 0.2) is 6.10 Å². The molecule has 0 aromatic heterocycles. The Labute approximate surface area is 501 Å². The van der Waals surface area contributed by atoms with E-state index in [1.165, 1.54) is 238 Å². The second-order valence-electron chi connectivity index (χ2n) is 24.5. The van der Waals surface area contributed by atoms with Gasteiger partial charge in [-0.2, -0.15) is 0 Å². The molecule has 0 bridgehead atoms. The first-order valence-corrected chi connectivity index (χ1v) is 34.5. The highest BCUT2D eigenvalue weighted by molar-refractivity contribution is 5.71. The first kappa shape index (κ1) is 78.0. The third-order valence-electron chi connectivity index (χ3n) is 15.2. The van der Waals surface area contributed by atoms with E-state index in [4.69, 9.17) is 18.9 Å². The first-order chi connectivity index (χ1) is 39.6. The van der Waals surface area contributed by atoms with E-state index in [1.54, 1.807) is 0 Å². The van der Waals surface area contributed by atoms with Crippen LogP contribution in [-0.2, 0) is 33.3 Å². The van der Waals surface area contributed by atoms with Gasteiger partial charge in [0.25, 0.3) is 6.29 Å². The van der Waals surface area contributed by atoms with Crippen molar-refractivity contribution in [1.29, 1.82) is 0 Å². The van der Waals surface area contributed by atoms with Gasteiger partial charge in [-0.25, -0.2) is 4.79 Å². The van der Waals surface area contributed by atoms with Gasteiger partial charge in [-0.3, -0.25) is 9.59 Å². The number of allylic oxidation sites excluding steroid dienone is 10. The van der Waals surface area contributed by atoms with Crippen molar-refractivity contribution in [1.82, 2.24) is 0 Å². The molecular weight excluding hydrogens is 1010 g/mol. The van der Waals surface area contributed by atoms with Crippen molar-refractivity contribution in [2.75, 3.05) is 47.5 Å². The van der Waals surface area contributed by atoms with Crippen molar-refractivity contribution in [3.63, 3.8) is 0 Å². The highest BCUT2D eigenvalue weighted by atomic mass is 16.7. The second kappa shape index (κ2) is 63.0. The van der Waals surface area contributed by atoms with Gasteiger partial charge in [-0.15, -0.1) is 0 Å². The SMILES string of the molecule is CCCCCCC/C=C\C/C=C\C/C=C\CCCCCCCCCCCCCCCCCCCCC(=O)OC(COC(=O)CCCCCCCCCCCCC/C=C\C/C=C\CCCCCCC)COC(OCC[N+](C)(C)C)C(=O)O. The Kier molecular flexibility index (Phi) is 60.7. The number of carbonyl (C=O) groups excluding carboxylic acids is 2. The average molecular weight is 1140 g/mol. The van der Waals surface area contributed by atoms with E-state index in [0.717, 1.165) is 57.8 Å². The number of rotatable bonds is 64. The molecule has 0 rings (SSSR count). The molecule has 9 nitrogen and oxygen atoms in total. The number of quaternary nitrogens is 1. The number of esters is 2. The van der Waals surface area contributed by atoms with Gasteiger partial charge in [0.05, 0.1) is 34.4 Å². The van der Waals surface area contributed by atoms with Gasteiger partial charge in [0.1, 0.15) is 13.2 Å². The molecule has 0 aromatic carbocycles. The summed E-state index contributed by atoms with van der Waals surface area (Å²) >= 11 is 0. The molecule has 0 amide bonds. The Hall–Kier alpha value is -3.01. The van der Waals surface area contributed by atoms with Crippen LogP contribution in [0.5, 0.6) is 0 Å². The van der Waals surface area contributed by atoms with Gasteiger partial charge >= 0.3 is 17.9 Å². The van der Waals surface area contributed by atoms with Crippen LogP contribution in [0.4, 0.5) is 0 Å². The van der Waals surface area contributed by atoms with E-state index in [-0.39, 0.29) is 32.2 Å². The molecule has 0 aliphatic heterocycles. The van der Waals surface area contributed by atoms with Crippen LogP contribution in [-0.4, -0.2) is 87.4 Å². The number of carbonyl (C=O) groups is 3. The van der Waals surface area contributed by atoms with Gasteiger partial charge in [-0.1, -0.05) is 286 Å². The van der Waals surface area contributed by atoms with Crippen LogP contribution < -0.4 is 0 Å². The quantitative estimate of drug-likeness (QED) is 0.0211. The summed E-state index contributed by atoms with van der Waals surface area (Å²) in [6.45, 7) is 4.90. The summed E-state index contributed by atoms with van der Waals surface area (Å²) in [7, 11) is 5.98. The fraction of sp³-hybridized carbons (Fsp3) is 0.819. The minimum Gasteiger partial charge on any atom is -0.477 e. The normalized spacial score (nSPS) is 13.0. The van der Waals surface area contributed by atoms with Crippen molar-refractivity contribution < 1.29 is 42.9 Å². The minimum absolute atomic E-state index is 0.181. The molecule has 81 heavy (non-hydrogen) atoms. The molecule has 0 saturated heterocycles. The van der Waals surface area contributed by atoms with Crippen LogP contribution in [0.2, 0.25) is 0 Å². The van der Waals surface area contributed by atoms with Crippen LogP contribution in [0.15, 0.2) is 60.8 Å². The summed E-state index contributed by atoms with van der Waals surface area (Å²) < 4.78 is 23.0. The van der Waals surface area contributed by atoms with Gasteiger partial charge in [0.2, 0.25) is 0 Å². The molecule has 0 aliphatic rings. The fourth-order valence-corrected chi connectivity index (χ4v) is 9.94. The largest absolute Gasteiger partial charge is 0.477 e. The van der Waals surface area contributed by atoms with Crippen molar-refractivity contribution in [2.24, 2.45) is 0 Å². The lowest BCUT2D eigenvalue weighted by Crippen LogP contribution is -2.40. The van der Waals surface area contributed by atoms with E-state index in [2.05, 4.69) is 74.6 Å². The van der Waals surface area contributed by atoms with Gasteiger partial charge in [0, 0.05) is 12.8 Å². The van der Waals surface area contributed by atoms with Crippen molar-refractivity contribution in [2.45, 2.75) is 334 Å². The van der Waals surface area contributed by atoms with Crippen LogP contribution in [0.1, 0.15) is 322 Å². The predicted molar refractivity (Wildman–Crippen MR) is 346 cm³/mol. The number of carboxylic acid groups (broad SMARTS) is 1. The van der Waals surface area contributed by atoms with Gasteiger partial charge < -0.3 is 28.5 Å². The van der Waals surface area contributed by atoms with E-state index < -0.39 is 24.3 Å². The first-order valence-electron chi connectivity index (χ1n) is 34.5. The number of ether oxygens (including phenoxy) is 4. The maximum atomic E-state index is 12.9. The molecule has 0 fully saturated rings. The van der Waals surface area contributed by atoms with Crippen LogP contribution in [0, 0.1) is 0 Å². The smallest absolute Gasteiger partial charge is 0.361 e. The number of hydrogen-bond acceptors (Lipinski definition) is 7. The highest BCUT2D eigenvalue weighted by Gasteiger charge is 2.25. The minimum atomic E-state index is -1.51. The average Bonchev–Trinajstić information content (AvgIpc) is 3.44. The summed E-state index contributed by atoms with van der Waals surface area (Å²) in [5.41, 5.74) is 0. The molecular formula is C72H132NO8+. The summed E-state index contributed by atoms with van der Waals surface area (Å²) in [6.07, 6.45) is 79.0.